The molecule has 0 bridgehead atoms. The van der Waals surface area contributed by atoms with Crippen LogP contribution in [0.1, 0.15) is 12.0 Å². The maximum atomic E-state index is 12.9. The summed E-state index contributed by atoms with van der Waals surface area (Å²) in [6, 6.07) is 13.7. The highest BCUT2D eigenvalue weighted by molar-refractivity contribution is 7.99. The number of aromatic nitrogens is 4. The van der Waals surface area contributed by atoms with Gasteiger partial charge in [0.1, 0.15) is 11.2 Å². The molecular formula is C20H17N5O2S2. The highest BCUT2D eigenvalue weighted by Crippen LogP contribution is 2.28. The summed E-state index contributed by atoms with van der Waals surface area (Å²) >= 11 is 2.83. The second kappa shape index (κ2) is 7.49. The number of hydrogen-bond acceptors (Lipinski definition) is 6. The van der Waals surface area contributed by atoms with Gasteiger partial charge in [-0.1, -0.05) is 36.0 Å². The van der Waals surface area contributed by atoms with Gasteiger partial charge in [0.25, 0.3) is 5.56 Å². The lowest BCUT2D eigenvalue weighted by Crippen LogP contribution is -2.36. The smallest absolute Gasteiger partial charge is 0.290 e. The number of amides is 1. The number of rotatable bonds is 4. The third-order valence-electron chi connectivity index (χ3n) is 4.89. The number of anilines is 1. The average molecular weight is 424 g/mol. The Morgan fingerprint density at radius 2 is 2.14 bits per heavy atom. The minimum absolute atomic E-state index is 0.0222. The van der Waals surface area contributed by atoms with Crippen molar-refractivity contribution in [2.45, 2.75) is 18.0 Å². The summed E-state index contributed by atoms with van der Waals surface area (Å²) in [6.45, 7) is 0.717. The molecule has 0 aliphatic carbocycles. The van der Waals surface area contributed by atoms with E-state index in [9.17, 15) is 9.59 Å². The lowest BCUT2D eigenvalue weighted by atomic mass is 10.0. The molecule has 146 valence electrons. The molecule has 0 saturated heterocycles. The monoisotopic (exact) mass is 423 g/mol. The molecule has 0 fully saturated rings. The fourth-order valence-corrected chi connectivity index (χ4v) is 4.99. The number of carbonyl (C=O) groups excluding carboxylic acids is 1. The Morgan fingerprint density at radius 1 is 1.24 bits per heavy atom. The third kappa shape index (κ3) is 3.36. The van der Waals surface area contributed by atoms with Crippen molar-refractivity contribution in [3.63, 3.8) is 0 Å². The van der Waals surface area contributed by atoms with Crippen LogP contribution in [0.5, 0.6) is 0 Å². The molecule has 9 heteroatoms. The number of nitrogens with one attached hydrogen (secondary N) is 1. The summed E-state index contributed by atoms with van der Waals surface area (Å²) in [7, 11) is 0. The lowest BCUT2D eigenvalue weighted by molar-refractivity contribution is -0.116. The van der Waals surface area contributed by atoms with Crippen LogP contribution >= 0.6 is 23.1 Å². The fourth-order valence-electron chi connectivity index (χ4n) is 3.53. The molecule has 0 radical (unpaired) electrons. The second-order valence-electron chi connectivity index (χ2n) is 6.71. The van der Waals surface area contributed by atoms with Gasteiger partial charge in [-0.15, -0.1) is 16.4 Å². The number of aromatic amines is 1. The molecule has 0 unspecified atom stereocenters. The van der Waals surface area contributed by atoms with Gasteiger partial charge in [-0.3, -0.25) is 9.59 Å². The van der Waals surface area contributed by atoms with Crippen molar-refractivity contribution in [1.29, 1.82) is 0 Å². The number of aryl methyl sites for hydroxylation is 1. The van der Waals surface area contributed by atoms with Gasteiger partial charge >= 0.3 is 0 Å². The summed E-state index contributed by atoms with van der Waals surface area (Å²) in [6.07, 6.45) is 1.95. The van der Waals surface area contributed by atoms with Gasteiger partial charge < -0.3 is 4.90 Å². The van der Waals surface area contributed by atoms with Gasteiger partial charge in [-0.25, -0.2) is 9.61 Å². The van der Waals surface area contributed by atoms with Gasteiger partial charge in [-0.05, 0) is 42.0 Å². The molecule has 5 rings (SSSR count). The van der Waals surface area contributed by atoms with E-state index in [1.165, 1.54) is 21.8 Å². The van der Waals surface area contributed by atoms with Crippen LogP contribution in [-0.2, 0) is 11.2 Å². The molecule has 1 aliphatic heterocycles. The first kappa shape index (κ1) is 18.1. The van der Waals surface area contributed by atoms with E-state index >= 15 is 0 Å². The number of hydrogen-bond donors (Lipinski definition) is 1. The Bertz CT molecular complexity index is 1250. The van der Waals surface area contributed by atoms with Crippen LogP contribution in [0.15, 0.2) is 57.8 Å². The van der Waals surface area contributed by atoms with E-state index < -0.39 is 0 Å². The maximum absolute atomic E-state index is 12.9. The van der Waals surface area contributed by atoms with E-state index in [-0.39, 0.29) is 17.2 Å². The van der Waals surface area contributed by atoms with Crippen LogP contribution in [0.2, 0.25) is 0 Å². The first-order valence-corrected chi connectivity index (χ1v) is 11.1. The number of carbonyl (C=O) groups is 1. The van der Waals surface area contributed by atoms with Crippen LogP contribution in [0, 0.1) is 0 Å². The zero-order valence-electron chi connectivity index (χ0n) is 15.4. The molecule has 1 amide bonds. The van der Waals surface area contributed by atoms with Crippen LogP contribution in [0.4, 0.5) is 5.69 Å². The van der Waals surface area contributed by atoms with Gasteiger partial charge in [-0.2, -0.15) is 5.10 Å². The van der Waals surface area contributed by atoms with Crippen LogP contribution in [0.3, 0.4) is 0 Å². The Balaban J connectivity index is 1.41. The number of fused-ring (bicyclic) bond motifs is 2. The Labute approximate surface area is 174 Å². The summed E-state index contributed by atoms with van der Waals surface area (Å²) in [5, 5.41) is 13.6. The van der Waals surface area contributed by atoms with Gasteiger partial charge in [0.15, 0.2) is 0 Å². The lowest BCUT2D eigenvalue weighted by Gasteiger charge is -2.29. The van der Waals surface area contributed by atoms with Crippen molar-refractivity contribution in [3.8, 4) is 10.6 Å². The zero-order chi connectivity index (χ0) is 19.8. The van der Waals surface area contributed by atoms with E-state index in [4.69, 9.17) is 0 Å². The molecule has 3 aromatic heterocycles. The number of benzene rings is 1. The van der Waals surface area contributed by atoms with E-state index in [0.717, 1.165) is 35.6 Å². The first-order valence-electron chi connectivity index (χ1n) is 9.24. The molecule has 1 aliphatic rings. The molecule has 7 nitrogen and oxygen atoms in total. The normalized spacial score (nSPS) is 13.6. The largest absolute Gasteiger partial charge is 0.311 e. The molecule has 1 aromatic carbocycles. The van der Waals surface area contributed by atoms with Crippen LogP contribution in [0.25, 0.3) is 16.1 Å². The van der Waals surface area contributed by atoms with Crippen LogP contribution < -0.4 is 10.5 Å². The van der Waals surface area contributed by atoms with Crippen LogP contribution in [-0.4, -0.2) is 38.0 Å². The predicted molar refractivity (Wildman–Crippen MR) is 115 cm³/mol. The molecule has 4 aromatic rings. The van der Waals surface area contributed by atoms with Crippen molar-refractivity contribution >= 4 is 40.2 Å². The molecule has 29 heavy (non-hydrogen) atoms. The van der Waals surface area contributed by atoms with Gasteiger partial charge in [0.2, 0.25) is 11.1 Å². The SMILES string of the molecule is O=C(CSc1n[nH]c(=O)c2cc(-c3cccs3)nn12)N1CCCc2ccccc21. The van der Waals surface area contributed by atoms with E-state index in [0.29, 0.717) is 10.7 Å². The number of nitrogens with zero attached hydrogens (tertiary/aromatic N) is 4. The fraction of sp³-hybridized carbons (Fsp3) is 0.200. The predicted octanol–water partition coefficient (Wildman–Crippen LogP) is 3.22. The summed E-state index contributed by atoms with van der Waals surface area (Å²) in [4.78, 5) is 27.9. The van der Waals surface area contributed by atoms with Crippen molar-refractivity contribution in [2.24, 2.45) is 0 Å². The highest BCUT2D eigenvalue weighted by Gasteiger charge is 2.23. The molecule has 0 atom stereocenters. The number of thioether (sulfide) groups is 1. The van der Waals surface area contributed by atoms with Crippen molar-refractivity contribution in [3.05, 3.63) is 63.8 Å². The summed E-state index contributed by atoms with van der Waals surface area (Å²) in [5.74, 6) is 0.241. The summed E-state index contributed by atoms with van der Waals surface area (Å²) < 4.78 is 1.52. The topological polar surface area (TPSA) is 83.4 Å². The summed E-state index contributed by atoms with van der Waals surface area (Å²) in [5.41, 5.74) is 3.02. The molecule has 1 N–H and O–H groups in total. The Morgan fingerprint density at radius 3 is 3.00 bits per heavy atom. The molecule has 0 saturated carbocycles. The number of H-pyrrole nitrogens is 1. The quantitative estimate of drug-likeness (QED) is 0.510. The average Bonchev–Trinajstić information content (AvgIpc) is 3.43. The molecule has 0 spiro atoms. The number of thiophene rings is 1. The van der Waals surface area contributed by atoms with Crippen molar-refractivity contribution < 1.29 is 4.79 Å². The van der Waals surface area contributed by atoms with E-state index in [1.807, 2.05) is 40.6 Å². The minimum atomic E-state index is -0.305. The van der Waals surface area contributed by atoms with Gasteiger partial charge in [0, 0.05) is 12.2 Å². The third-order valence-corrected chi connectivity index (χ3v) is 6.69. The minimum Gasteiger partial charge on any atom is -0.311 e. The van der Waals surface area contributed by atoms with Crippen molar-refractivity contribution in [2.75, 3.05) is 17.2 Å². The Hall–Kier alpha value is -2.91. The first-order chi connectivity index (χ1) is 14.2. The molecule has 4 heterocycles. The zero-order valence-corrected chi connectivity index (χ0v) is 17.0. The highest BCUT2D eigenvalue weighted by atomic mass is 32.2. The number of para-hydroxylation sites is 1. The van der Waals surface area contributed by atoms with E-state index in [1.54, 1.807) is 17.4 Å². The standard InChI is InChI=1S/C20H17N5O2S2/c26-18(24-9-3-6-13-5-1-2-7-15(13)24)12-29-20-22-21-19(27)16-11-14(23-25(16)20)17-8-4-10-28-17/h1-2,4-5,7-8,10-11H,3,6,9,12H2,(H,21,27). The molecular weight excluding hydrogens is 406 g/mol. The Kier molecular flexibility index (Phi) is 4.69. The van der Waals surface area contributed by atoms with Gasteiger partial charge in [0.05, 0.1) is 10.6 Å². The van der Waals surface area contributed by atoms with Crippen molar-refractivity contribution in [1.82, 2.24) is 19.8 Å². The maximum Gasteiger partial charge on any atom is 0.290 e. The second-order valence-corrected chi connectivity index (χ2v) is 8.60. The van der Waals surface area contributed by atoms with E-state index in [2.05, 4.69) is 21.4 Å².